The lowest BCUT2D eigenvalue weighted by Gasteiger charge is -2.09. The molecule has 20 heavy (non-hydrogen) atoms. The summed E-state index contributed by atoms with van der Waals surface area (Å²) in [7, 11) is 0. The van der Waals surface area contributed by atoms with Gasteiger partial charge in [-0.15, -0.1) is 0 Å². The number of aromatic hydroxyl groups is 1. The van der Waals surface area contributed by atoms with Gasteiger partial charge in [0.05, 0.1) is 5.52 Å². The number of halogens is 1. The molecule has 3 rings (SSSR count). The Labute approximate surface area is 114 Å². The van der Waals surface area contributed by atoms with Crippen LogP contribution in [-0.4, -0.2) is 16.0 Å². The molecule has 0 aliphatic carbocycles. The molecular formula is C16H12FNO2. The lowest BCUT2D eigenvalue weighted by Crippen LogP contribution is -1.98. The normalized spacial score (nSPS) is 10.9. The molecule has 3 aromatic rings. The van der Waals surface area contributed by atoms with Crippen LogP contribution >= 0.6 is 0 Å². The van der Waals surface area contributed by atoms with Crippen LogP contribution in [0.4, 0.5) is 4.39 Å². The van der Waals surface area contributed by atoms with Crippen molar-refractivity contribution in [1.29, 1.82) is 0 Å². The zero-order chi connectivity index (χ0) is 14.3. The number of phenols is 1. The van der Waals surface area contributed by atoms with Gasteiger partial charge in [0.2, 0.25) is 0 Å². The summed E-state index contributed by atoms with van der Waals surface area (Å²) in [5, 5.41) is 10.1. The molecule has 0 aliphatic rings. The number of rotatable bonds is 2. The molecule has 0 amide bonds. The maximum Gasteiger partial charge on any atom is 0.166 e. The highest BCUT2D eigenvalue weighted by atomic mass is 19.1. The SMILES string of the molecule is Cc1c(C=O)c2ccccc2n1-c1ccc(O)c(F)c1. The number of hydrogen-bond acceptors (Lipinski definition) is 2. The van der Waals surface area contributed by atoms with Crippen LogP contribution in [0.2, 0.25) is 0 Å². The third-order valence-electron chi connectivity index (χ3n) is 3.47. The first-order valence-electron chi connectivity index (χ1n) is 6.17. The highest BCUT2D eigenvalue weighted by Crippen LogP contribution is 2.29. The van der Waals surface area contributed by atoms with Crippen molar-refractivity contribution >= 4 is 17.2 Å². The molecule has 0 atom stereocenters. The van der Waals surface area contributed by atoms with Crippen LogP contribution in [0.25, 0.3) is 16.6 Å². The van der Waals surface area contributed by atoms with E-state index in [4.69, 9.17) is 0 Å². The third kappa shape index (κ3) is 1.69. The van der Waals surface area contributed by atoms with E-state index < -0.39 is 11.6 Å². The van der Waals surface area contributed by atoms with E-state index in [1.807, 2.05) is 35.8 Å². The number of aromatic nitrogens is 1. The summed E-state index contributed by atoms with van der Waals surface area (Å²) < 4.78 is 15.4. The average molecular weight is 269 g/mol. The molecule has 100 valence electrons. The Morgan fingerprint density at radius 2 is 1.95 bits per heavy atom. The van der Waals surface area contributed by atoms with E-state index in [0.29, 0.717) is 11.3 Å². The lowest BCUT2D eigenvalue weighted by atomic mass is 10.1. The van der Waals surface area contributed by atoms with Crippen molar-refractivity contribution in [3.63, 3.8) is 0 Å². The largest absolute Gasteiger partial charge is 0.505 e. The summed E-state index contributed by atoms with van der Waals surface area (Å²) in [6.07, 6.45) is 0.810. The van der Waals surface area contributed by atoms with Crippen LogP contribution in [0.15, 0.2) is 42.5 Å². The van der Waals surface area contributed by atoms with Crippen LogP contribution in [0, 0.1) is 12.7 Å². The molecule has 2 aromatic carbocycles. The van der Waals surface area contributed by atoms with Crippen LogP contribution in [0.1, 0.15) is 16.1 Å². The van der Waals surface area contributed by atoms with Gasteiger partial charge in [-0.3, -0.25) is 4.79 Å². The van der Waals surface area contributed by atoms with Gasteiger partial charge < -0.3 is 9.67 Å². The summed E-state index contributed by atoms with van der Waals surface area (Å²) in [4.78, 5) is 11.3. The molecule has 0 aliphatic heterocycles. The van der Waals surface area contributed by atoms with Crippen molar-refractivity contribution in [3.05, 3.63) is 59.5 Å². The van der Waals surface area contributed by atoms with Gasteiger partial charge in [-0.25, -0.2) is 4.39 Å². The van der Waals surface area contributed by atoms with Crippen LogP contribution in [-0.2, 0) is 0 Å². The summed E-state index contributed by atoms with van der Waals surface area (Å²) in [5.41, 5.74) is 2.74. The number of carbonyl (C=O) groups excluding carboxylic acids is 1. The van der Waals surface area contributed by atoms with Crippen LogP contribution in [0.3, 0.4) is 0 Å². The molecule has 0 saturated carbocycles. The van der Waals surface area contributed by atoms with E-state index in [0.717, 1.165) is 22.9 Å². The topological polar surface area (TPSA) is 42.2 Å². The fourth-order valence-electron chi connectivity index (χ4n) is 2.51. The second-order valence-electron chi connectivity index (χ2n) is 4.61. The Bertz CT molecular complexity index is 821. The zero-order valence-electron chi connectivity index (χ0n) is 10.8. The maximum atomic E-state index is 13.6. The number of fused-ring (bicyclic) bond motifs is 1. The number of benzene rings is 2. The van der Waals surface area contributed by atoms with Crippen molar-refractivity contribution in [1.82, 2.24) is 4.57 Å². The van der Waals surface area contributed by atoms with Gasteiger partial charge in [0.1, 0.15) is 0 Å². The van der Waals surface area contributed by atoms with E-state index in [1.165, 1.54) is 12.1 Å². The Kier molecular flexibility index (Phi) is 2.79. The molecule has 3 nitrogen and oxygen atoms in total. The van der Waals surface area contributed by atoms with E-state index in [-0.39, 0.29) is 0 Å². The van der Waals surface area contributed by atoms with Gasteiger partial charge in [0.15, 0.2) is 17.9 Å². The van der Waals surface area contributed by atoms with Crippen molar-refractivity contribution < 1.29 is 14.3 Å². The second-order valence-corrected chi connectivity index (χ2v) is 4.61. The van der Waals surface area contributed by atoms with E-state index in [1.54, 1.807) is 6.07 Å². The molecule has 0 spiro atoms. The van der Waals surface area contributed by atoms with Gasteiger partial charge in [-0.1, -0.05) is 18.2 Å². The average Bonchev–Trinajstić information content (AvgIpc) is 2.73. The van der Waals surface area contributed by atoms with Crippen molar-refractivity contribution in [2.24, 2.45) is 0 Å². The second kappa shape index (κ2) is 4.49. The van der Waals surface area contributed by atoms with Crippen molar-refractivity contribution in [2.45, 2.75) is 6.92 Å². The number of nitrogens with zero attached hydrogens (tertiary/aromatic N) is 1. The number of hydrogen-bond donors (Lipinski definition) is 1. The highest BCUT2D eigenvalue weighted by Gasteiger charge is 2.15. The van der Waals surface area contributed by atoms with Crippen molar-refractivity contribution in [3.8, 4) is 11.4 Å². The first-order valence-corrected chi connectivity index (χ1v) is 6.17. The number of para-hydroxylation sites is 1. The molecular weight excluding hydrogens is 257 g/mol. The number of phenolic OH excluding ortho intramolecular Hbond substituents is 1. The molecule has 0 unspecified atom stereocenters. The molecule has 1 N–H and O–H groups in total. The molecule has 1 heterocycles. The Balaban J connectivity index is 2.38. The van der Waals surface area contributed by atoms with Gasteiger partial charge >= 0.3 is 0 Å². The van der Waals surface area contributed by atoms with Crippen molar-refractivity contribution in [2.75, 3.05) is 0 Å². The minimum Gasteiger partial charge on any atom is -0.505 e. The zero-order valence-corrected chi connectivity index (χ0v) is 10.8. The molecule has 0 saturated heterocycles. The predicted molar refractivity (Wildman–Crippen MR) is 75.0 cm³/mol. The number of aldehydes is 1. The first-order chi connectivity index (χ1) is 9.63. The molecule has 0 bridgehead atoms. The summed E-state index contributed by atoms with van der Waals surface area (Å²) in [5.74, 6) is -1.08. The van der Waals surface area contributed by atoms with Crippen LogP contribution < -0.4 is 0 Å². The molecule has 0 fully saturated rings. The lowest BCUT2D eigenvalue weighted by molar-refractivity contribution is 0.112. The number of carbonyl (C=O) groups is 1. The third-order valence-corrected chi connectivity index (χ3v) is 3.47. The quantitative estimate of drug-likeness (QED) is 0.722. The van der Waals surface area contributed by atoms with E-state index in [9.17, 15) is 14.3 Å². The Morgan fingerprint density at radius 3 is 2.65 bits per heavy atom. The smallest absolute Gasteiger partial charge is 0.166 e. The Hall–Kier alpha value is -2.62. The molecule has 1 aromatic heterocycles. The predicted octanol–water partition coefficient (Wildman–Crippen LogP) is 3.60. The van der Waals surface area contributed by atoms with E-state index in [2.05, 4.69) is 0 Å². The van der Waals surface area contributed by atoms with Crippen LogP contribution in [0.5, 0.6) is 5.75 Å². The van der Waals surface area contributed by atoms with E-state index >= 15 is 0 Å². The van der Waals surface area contributed by atoms with Gasteiger partial charge in [0.25, 0.3) is 0 Å². The fourth-order valence-corrected chi connectivity index (χ4v) is 2.51. The molecule has 4 heteroatoms. The summed E-state index contributed by atoms with van der Waals surface area (Å²) in [6.45, 7) is 1.81. The summed E-state index contributed by atoms with van der Waals surface area (Å²) >= 11 is 0. The maximum absolute atomic E-state index is 13.6. The van der Waals surface area contributed by atoms with Gasteiger partial charge in [-0.2, -0.15) is 0 Å². The minimum atomic E-state index is -0.688. The summed E-state index contributed by atoms with van der Waals surface area (Å²) in [6, 6.07) is 11.6. The fraction of sp³-hybridized carbons (Fsp3) is 0.0625. The van der Waals surface area contributed by atoms with Gasteiger partial charge in [-0.05, 0) is 25.1 Å². The monoisotopic (exact) mass is 269 g/mol. The molecule has 0 radical (unpaired) electrons. The minimum absolute atomic E-state index is 0.390. The highest BCUT2D eigenvalue weighted by molar-refractivity contribution is 6.00. The Morgan fingerprint density at radius 1 is 1.20 bits per heavy atom. The standard InChI is InChI=1S/C16H12FNO2/c1-10-13(9-19)12-4-2-3-5-15(12)18(10)11-6-7-16(20)14(17)8-11/h2-9,20H,1H3. The van der Waals surface area contributed by atoms with Gasteiger partial charge in [0, 0.05) is 28.4 Å². The first kappa shape index (κ1) is 12.4.